The van der Waals surface area contributed by atoms with Crippen LogP contribution in [0, 0.1) is 0 Å². The highest BCUT2D eigenvalue weighted by Gasteiger charge is 2.27. The van der Waals surface area contributed by atoms with Crippen LogP contribution in [0.5, 0.6) is 11.5 Å². The third-order valence-electron chi connectivity index (χ3n) is 5.53. The second kappa shape index (κ2) is 8.47. The summed E-state index contributed by atoms with van der Waals surface area (Å²) in [6.07, 6.45) is 5.79. The van der Waals surface area contributed by atoms with Crippen LogP contribution in [0.2, 0.25) is 0 Å². The van der Waals surface area contributed by atoms with Crippen LogP contribution in [0.25, 0.3) is 22.3 Å². The minimum absolute atomic E-state index is 0.195. The number of benzene rings is 2. The van der Waals surface area contributed by atoms with Crippen molar-refractivity contribution in [2.75, 3.05) is 32.3 Å². The van der Waals surface area contributed by atoms with Crippen LogP contribution in [-0.4, -0.2) is 53.2 Å². The molecule has 1 unspecified atom stereocenters. The Balaban J connectivity index is 1.56. The predicted octanol–water partition coefficient (Wildman–Crippen LogP) is 4.07. The van der Waals surface area contributed by atoms with E-state index in [-0.39, 0.29) is 6.10 Å². The summed E-state index contributed by atoms with van der Waals surface area (Å²) in [4.78, 5) is 11.7. The Labute approximate surface area is 186 Å². The Bertz CT molecular complexity index is 1230. The van der Waals surface area contributed by atoms with Gasteiger partial charge >= 0.3 is 0 Å². The molecule has 0 saturated carbocycles. The zero-order chi connectivity index (χ0) is 22.1. The molecule has 4 aromatic rings. The van der Waals surface area contributed by atoms with Crippen molar-refractivity contribution in [1.82, 2.24) is 19.7 Å². The first-order valence-corrected chi connectivity index (χ1v) is 10.6. The zero-order valence-electron chi connectivity index (χ0n) is 18.4. The highest BCUT2D eigenvalue weighted by atomic mass is 16.6. The normalized spacial score (nSPS) is 15.0. The molecule has 164 valence electrons. The number of ether oxygens (including phenoxy) is 3. The molecule has 0 amide bonds. The van der Waals surface area contributed by atoms with Gasteiger partial charge in [0.15, 0.2) is 0 Å². The molecule has 5 rings (SSSR count). The first-order chi connectivity index (χ1) is 15.7. The van der Waals surface area contributed by atoms with E-state index in [2.05, 4.69) is 34.0 Å². The van der Waals surface area contributed by atoms with E-state index in [0.717, 1.165) is 64.9 Å². The number of methoxy groups -OCH3 is 2. The van der Waals surface area contributed by atoms with Crippen molar-refractivity contribution in [1.29, 1.82) is 0 Å². The van der Waals surface area contributed by atoms with Crippen LogP contribution in [0.1, 0.15) is 6.92 Å². The summed E-state index contributed by atoms with van der Waals surface area (Å²) in [5.41, 5.74) is 5.37. The van der Waals surface area contributed by atoms with Gasteiger partial charge in [0.25, 0.3) is 0 Å². The Morgan fingerprint density at radius 2 is 1.81 bits per heavy atom. The second-order valence-electron chi connectivity index (χ2n) is 7.65. The molecular formula is C24H25N5O3. The Kier molecular flexibility index (Phi) is 5.36. The SMILES string of the molecule is CCn1cc(-c2cnc3ccc(N(CC4CO4)c4cc(OC)cc(OC)c4)cc3n2)cn1. The first-order valence-electron chi connectivity index (χ1n) is 10.6. The Hall–Kier alpha value is -3.65. The van der Waals surface area contributed by atoms with E-state index in [1.807, 2.05) is 41.3 Å². The number of aryl methyl sites for hydroxylation is 1. The maximum Gasteiger partial charge on any atom is 0.124 e. The largest absolute Gasteiger partial charge is 0.497 e. The molecule has 2 aromatic carbocycles. The summed E-state index contributed by atoms with van der Waals surface area (Å²) < 4.78 is 18.4. The quantitative estimate of drug-likeness (QED) is 0.389. The predicted molar refractivity (Wildman–Crippen MR) is 123 cm³/mol. The molecule has 0 bridgehead atoms. The molecule has 1 aliphatic heterocycles. The first kappa shape index (κ1) is 20.3. The monoisotopic (exact) mass is 431 g/mol. The van der Waals surface area contributed by atoms with Crippen LogP contribution in [-0.2, 0) is 11.3 Å². The minimum Gasteiger partial charge on any atom is -0.497 e. The molecule has 1 atom stereocenters. The molecule has 3 heterocycles. The third kappa shape index (κ3) is 4.09. The molecule has 0 N–H and O–H groups in total. The molecule has 1 saturated heterocycles. The molecular weight excluding hydrogens is 406 g/mol. The standard InChI is InChI=1S/C24H25N5O3/c1-4-28-13-16(11-26-28)24-12-25-22-6-5-17(9-23(22)27-24)29(14-21-15-32-21)18-7-19(30-2)10-20(8-18)31-3/h5-13,21H,4,14-15H2,1-3H3. The average molecular weight is 431 g/mol. The number of hydrogen-bond acceptors (Lipinski definition) is 7. The van der Waals surface area contributed by atoms with Crippen molar-refractivity contribution in [2.24, 2.45) is 0 Å². The van der Waals surface area contributed by atoms with Gasteiger partial charge in [-0.3, -0.25) is 9.67 Å². The van der Waals surface area contributed by atoms with Crippen LogP contribution >= 0.6 is 0 Å². The van der Waals surface area contributed by atoms with Gasteiger partial charge in [-0.15, -0.1) is 0 Å². The van der Waals surface area contributed by atoms with Gasteiger partial charge in [-0.25, -0.2) is 4.98 Å². The fourth-order valence-electron chi connectivity index (χ4n) is 3.66. The van der Waals surface area contributed by atoms with Crippen molar-refractivity contribution in [3.63, 3.8) is 0 Å². The number of hydrogen-bond donors (Lipinski definition) is 0. The maximum atomic E-state index is 5.53. The average Bonchev–Trinajstić information content (AvgIpc) is 3.54. The lowest BCUT2D eigenvalue weighted by atomic mass is 10.2. The van der Waals surface area contributed by atoms with Gasteiger partial charge in [-0.05, 0) is 25.1 Å². The summed E-state index contributed by atoms with van der Waals surface area (Å²) in [6.45, 7) is 4.35. The summed E-state index contributed by atoms with van der Waals surface area (Å²) in [5.74, 6) is 1.47. The van der Waals surface area contributed by atoms with E-state index in [1.165, 1.54) is 0 Å². The highest BCUT2D eigenvalue weighted by molar-refractivity contribution is 5.82. The molecule has 0 radical (unpaired) electrons. The van der Waals surface area contributed by atoms with E-state index >= 15 is 0 Å². The van der Waals surface area contributed by atoms with Gasteiger partial charge in [0.2, 0.25) is 0 Å². The second-order valence-corrected chi connectivity index (χ2v) is 7.65. The number of aromatic nitrogens is 4. The van der Waals surface area contributed by atoms with E-state index in [4.69, 9.17) is 19.2 Å². The molecule has 1 aliphatic rings. The lowest BCUT2D eigenvalue weighted by molar-refractivity contribution is 0.393. The van der Waals surface area contributed by atoms with Gasteiger partial charge < -0.3 is 19.1 Å². The van der Waals surface area contributed by atoms with Crippen LogP contribution < -0.4 is 14.4 Å². The molecule has 1 fully saturated rings. The lowest BCUT2D eigenvalue weighted by Crippen LogP contribution is -2.22. The van der Waals surface area contributed by atoms with Crippen LogP contribution in [0.3, 0.4) is 0 Å². The van der Waals surface area contributed by atoms with E-state index in [9.17, 15) is 0 Å². The summed E-state index contributed by atoms with van der Waals surface area (Å²) in [5, 5.41) is 4.35. The summed E-state index contributed by atoms with van der Waals surface area (Å²) in [7, 11) is 3.31. The van der Waals surface area contributed by atoms with E-state index in [0.29, 0.717) is 0 Å². The maximum absolute atomic E-state index is 5.53. The number of epoxide rings is 1. The topological polar surface area (TPSA) is 77.8 Å². The third-order valence-corrected chi connectivity index (χ3v) is 5.53. The fraction of sp³-hybridized carbons (Fsp3) is 0.292. The van der Waals surface area contributed by atoms with Crippen LogP contribution in [0.4, 0.5) is 11.4 Å². The summed E-state index contributed by atoms with van der Waals surface area (Å²) in [6, 6.07) is 12.0. The smallest absolute Gasteiger partial charge is 0.124 e. The number of fused-ring (bicyclic) bond motifs is 1. The van der Waals surface area contributed by atoms with Gasteiger partial charge in [0.1, 0.15) is 11.5 Å². The zero-order valence-corrected chi connectivity index (χ0v) is 18.4. The van der Waals surface area contributed by atoms with E-state index < -0.39 is 0 Å². The van der Waals surface area contributed by atoms with Gasteiger partial charge in [-0.2, -0.15) is 5.10 Å². The molecule has 2 aromatic heterocycles. The number of nitrogens with zero attached hydrogens (tertiary/aromatic N) is 5. The lowest BCUT2D eigenvalue weighted by Gasteiger charge is -2.25. The van der Waals surface area contributed by atoms with E-state index in [1.54, 1.807) is 20.4 Å². The van der Waals surface area contributed by atoms with Crippen LogP contribution in [0.15, 0.2) is 55.0 Å². The number of rotatable bonds is 8. The molecule has 32 heavy (non-hydrogen) atoms. The van der Waals surface area contributed by atoms with Crippen molar-refractivity contribution in [3.8, 4) is 22.8 Å². The minimum atomic E-state index is 0.195. The fourth-order valence-corrected chi connectivity index (χ4v) is 3.66. The molecule has 0 aliphatic carbocycles. The van der Waals surface area contributed by atoms with Crippen molar-refractivity contribution < 1.29 is 14.2 Å². The van der Waals surface area contributed by atoms with Gasteiger partial charge in [0.05, 0.1) is 62.6 Å². The van der Waals surface area contributed by atoms with Crippen molar-refractivity contribution in [2.45, 2.75) is 19.6 Å². The Morgan fingerprint density at radius 1 is 1.03 bits per heavy atom. The molecule has 0 spiro atoms. The molecule has 8 heteroatoms. The molecule has 8 nitrogen and oxygen atoms in total. The summed E-state index contributed by atoms with van der Waals surface area (Å²) >= 11 is 0. The van der Waals surface area contributed by atoms with Crippen molar-refractivity contribution in [3.05, 3.63) is 55.0 Å². The van der Waals surface area contributed by atoms with Crippen molar-refractivity contribution >= 4 is 22.4 Å². The van der Waals surface area contributed by atoms with Gasteiger partial charge in [0, 0.05) is 47.9 Å². The van der Waals surface area contributed by atoms with Gasteiger partial charge in [-0.1, -0.05) is 0 Å². The number of anilines is 2. The Morgan fingerprint density at radius 3 is 2.47 bits per heavy atom. The highest BCUT2D eigenvalue weighted by Crippen LogP contribution is 2.35.